The predicted octanol–water partition coefficient (Wildman–Crippen LogP) is 4.51. The van der Waals surface area contributed by atoms with E-state index in [0.29, 0.717) is 0 Å². The number of hydrogen-bond acceptors (Lipinski definition) is 3. The highest BCUT2D eigenvalue weighted by Gasteiger charge is 2.08. The molecule has 3 nitrogen and oxygen atoms in total. The van der Waals surface area contributed by atoms with E-state index in [0.717, 1.165) is 24.6 Å². The topological polar surface area (TPSA) is 21.7 Å². The minimum atomic E-state index is 0.886. The zero-order valence-corrected chi connectivity index (χ0v) is 13.7. The fourth-order valence-electron chi connectivity index (χ4n) is 2.41. The molecule has 0 heterocycles. The average Bonchev–Trinajstić information content (AvgIpc) is 2.59. The summed E-state index contributed by atoms with van der Waals surface area (Å²) in [5, 5.41) is 0. The molecule has 0 aliphatic heterocycles. The van der Waals surface area contributed by atoms with Gasteiger partial charge in [-0.25, -0.2) is 0 Å². The van der Waals surface area contributed by atoms with E-state index in [4.69, 9.17) is 9.47 Å². The molecule has 0 bridgehead atoms. The number of ether oxygens (including phenoxy) is 2. The second-order valence-electron chi connectivity index (χ2n) is 5.32. The molecule has 0 fully saturated rings. The highest BCUT2D eigenvalue weighted by atomic mass is 16.5. The fraction of sp³-hybridized carbons (Fsp3) is 0.368. The van der Waals surface area contributed by atoms with Gasteiger partial charge in [0.15, 0.2) is 0 Å². The van der Waals surface area contributed by atoms with Crippen molar-refractivity contribution >= 4 is 5.69 Å². The van der Waals surface area contributed by atoms with E-state index in [1.807, 2.05) is 24.3 Å². The summed E-state index contributed by atoms with van der Waals surface area (Å²) < 4.78 is 10.6. The van der Waals surface area contributed by atoms with Gasteiger partial charge in [0.2, 0.25) is 0 Å². The SMILES string of the molecule is CCCCN(Cc1ccc(OC)cc1)c1cccc(OC)c1. The van der Waals surface area contributed by atoms with Crippen molar-refractivity contribution in [1.29, 1.82) is 0 Å². The summed E-state index contributed by atoms with van der Waals surface area (Å²) in [6, 6.07) is 16.5. The van der Waals surface area contributed by atoms with Crippen LogP contribution in [0.4, 0.5) is 5.69 Å². The molecule has 22 heavy (non-hydrogen) atoms. The van der Waals surface area contributed by atoms with Crippen molar-refractivity contribution in [3.05, 3.63) is 54.1 Å². The summed E-state index contributed by atoms with van der Waals surface area (Å²) in [6.07, 6.45) is 2.36. The first-order chi connectivity index (χ1) is 10.8. The van der Waals surface area contributed by atoms with Gasteiger partial charge >= 0.3 is 0 Å². The van der Waals surface area contributed by atoms with E-state index >= 15 is 0 Å². The molecule has 0 saturated heterocycles. The van der Waals surface area contributed by atoms with Gasteiger partial charge < -0.3 is 14.4 Å². The summed E-state index contributed by atoms with van der Waals surface area (Å²) in [7, 11) is 3.40. The maximum Gasteiger partial charge on any atom is 0.120 e. The summed E-state index contributed by atoms with van der Waals surface area (Å²) in [4.78, 5) is 2.40. The average molecular weight is 299 g/mol. The molecular weight excluding hydrogens is 274 g/mol. The third-order valence-corrected chi connectivity index (χ3v) is 3.73. The van der Waals surface area contributed by atoms with Gasteiger partial charge in [-0.3, -0.25) is 0 Å². The number of methoxy groups -OCH3 is 2. The Kier molecular flexibility index (Phi) is 6.13. The Labute approximate surface area is 133 Å². The van der Waals surface area contributed by atoms with Crippen LogP contribution in [-0.4, -0.2) is 20.8 Å². The lowest BCUT2D eigenvalue weighted by molar-refractivity contribution is 0.414. The van der Waals surface area contributed by atoms with E-state index in [9.17, 15) is 0 Å². The normalized spacial score (nSPS) is 10.3. The van der Waals surface area contributed by atoms with Crippen LogP contribution < -0.4 is 14.4 Å². The summed E-state index contributed by atoms with van der Waals surface area (Å²) >= 11 is 0. The zero-order valence-electron chi connectivity index (χ0n) is 13.7. The van der Waals surface area contributed by atoms with Crippen molar-refractivity contribution in [2.24, 2.45) is 0 Å². The Morgan fingerprint density at radius 3 is 2.27 bits per heavy atom. The van der Waals surface area contributed by atoms with Gasteiger partial charge in [0.05, 0.1) is 14.2 Å². The number of rotatable bonds is 8. The Morgan fingerprint density at radius 1 is 0.909 bits per heavy atom. The highest BCUT2D eigenvalue weighted by Crippen LogP contribution is 2.23. The van der Waals surface area contributed by atoms with Crippen LogP contribution in [0.25, 0.3) is 0 Å². The molecular formula is C19H25NO2. The largest absolute Gasteiger partial charge is 0.497 e. The maximum atomic E-state index is 5.35. The van der Waals surface area contributed by atoms with Crippen molar-refractivity contribution in [3.8, 4) is 11.5 Å². The number of nitrogens with zero attached hydrogens (tertiary/aromatic N) is 1. The minimum Gasteiger partial charge on any atom is -0.497 e. The second-order valence-corrected chi connectivity index (χ2v) is 5.32. The molecule has 0 atom stereocenters. The predicted molar refractivity (Wildman–Crippen MR) is 91.9 cm³/mol. The molecule has 0 aliphatic rings. The van der Waals surface area contributed by atoms with Crippen molar-refractivity contribution < 1.29 is 9.47 Å². The lowest BCUT2D eigenvalue weighted by atomic mass is 10.1. The lowest BCUT2D eigenvalue weighted by Crippen LogP contribution is -2.23. The second kappa shape index (κ2) is 8.32. The highest BCUT2D eigenvalue weighted by molar-refractivity contribution is 5.51. The van der Waals surface area contributed by atoms with Gasteiger partial charge in [-0.15, -0.1) is 0 Å². The number of hydrogen-bond donors (Lipinski definition) is 0. The minimum absolute atomic E-state index is 0.886. The van der Waals surface area contributed by atoms with Crippen LogP contribution in [-0.2, 0) is 6.54 Å². The Hall–Kier alpha value is -2.16. The smallest absolute Gasteiger partial charge is 0.120 e. The molecule has 0 unspecified atom stereocenters. The molecule has 0 spiro atoms. The summed E-state index contributed by atoms with van der Waals surface area (Å²) in [5.41, 5.74) is 2.48. The van der Waals surface area contributed by atoms with E-state index < -0.39 is 0 Å². The standard InChI is InChI=1S/C19H25NO2/c1-4-5-13-20(17-7-6-8-19(14-17)22-3)15-16-9-11-18(21-2)12-10-16/h6-12,14H,4-5,13,15H2,1-3H3. The molecule has 3 heteroatoms. The van der Waals surface area contributed by atoms with Crippen LogP contribution in [0, 0.1) is 0 Å². The monoisotopic (exact) mass is 299 g/mol. The zero-order chi connectivity index (χ0) is 15.8. The van der Waals surface area contributed by atoms with E-state index in [1.165, 1.54) is 24.1 Å². The fourth-order valence-corrected chi connectivity index (χ4v) is 2.41. The molecule has 0 aliphatic carbocycles. The molecule has 0 aromatic heterocycles. The first-order valence-corrected chi connectivity index (χ1v) is 7.78. The Morgan fingerprint density at radius 2 is 1.64 bits per heavy atom. The lowest BCUT2D eigenvalue weighted by Gasteiger charge is -2.25. The molecule has 2 rings (SSSR count). The van der Waals surface area contributed by atoms with Crippen LogP contribution >= 0.6 is 0 Å². The van der Waals surface area contributed by atoms with Crippen LogP contribution in [0.1, 0.15) is 25.3 Å². The van der Waals surface area contributed by atoms with Gasteiger partial charge in [0, 0.05) is 24.8 Å². The third-order valence-electron chi connectivity index (χ3n) is 3.73. The number of anilines is 1. The van der Waals surface area contributed by atoms with Crippen LogP contribution in [0.2, 0.25) is 0 Å². The molecule has 2 aromatic carbocycles. The van der Waals surface area contributed by atoms with E-state index in [2.05, 4.69) is 36.1 Å². The molecule has 0 N–H and O–H groups in total. The Balaban J connectivity index is 2.16. The Bertz CT molecular complexity index is 566. The van der Waals surface area contributed by atoms with Crippen LogP contribution in [0.3, 0.4) is 0 Å². The summed E-state index contributed by atoms with van der Waals surface area (Å²) in [6.45, 7) is 4.14. The number of unbranched alkanes of at least 4 members (excludes halogenated alkanes) is 1. The van der Waals surface area contributed by atoms with Gasteiger partial charge in [-0.1, -0.05) is 31.5 Å². The van der Waals surface area contributed by atoms with Crippen molar-refractivity contribution in [2.45, 2.75) is 26.3 Å². The quantitative estimate of drug-likeness (QED) is 0.716. The van der Waals surface area contributed by atoms with Crippen molar-refractivity contribution in [1.82, 2.24) is 0 Å². The van der Waals surface area contributed by atoms with Gasteiger partial charge in [-0.05, 0) is 36.2 Å². The number of benzene rings is 2. The molecule has 0 radical (unpaired) electrons. The van der Waals surface area contributed by atoms with E-state index in [-0.39, 0.29) is 0 Å². The summed E-state index contributed by atoms with van der Waals surface area (Å²) in [5.74, 6) is 1.79. The van der Waals surface area contributed by atoms with Crippen LogP contribution in [0.15, 0.2) is 48.5 Å². The van der Waals surface area contributed by atoms with Gasteiger partial charge in [-0.2, -0.15) is 0 Å². The first-order valence-electron chi connectivity index (χ1n) is 7.78. The molecule has 0 saturated carbocycles. The maximum absolute atomic E-state index is 5.35. The van der Waals surface area contributed by atoms with Crippen molar-refractivity contribution in [2.75, 3.05) is 25.7 Å². The van der Waals surface area contributed by atoms with Crippen LogP contribution in [0.5, 0.6) is 11.5 Å². The molecule has 0 amide bonds. The third kappa shape index (κ3) is 4.42. The molecule has 2 aromatic rings. The van der Waals surface area contributed by atoms with E-state index in [1.54, 1.807) is 14.2 Å². The van der Waals surface area contributed by atoms with Crippen molar-refractivity contribution in [3.63, 3.8) is 0 Å². The van der Waals surface area contributed by atoms with Gasteiger partial charge in [0.25, 0.3) is 0 Å². The molecule has 118 valence electrons. The first kappa shape index (κ1) is 16.2. The van der Waals surface area contributed by atoms with Gasteiger partial charge in [0.1, 0.15) is 11.5 Å².